The minimum Gasteiger partial charge on any atom is -0.360 e. The van der Waals surface area contributed by atoms with Crippen molar-refractivity contribution in [3.05, 3.63) is 0 Å². The van der Waals surface area contributed by atoms with E-state index in [1.165, 1.54) is 21.3 Å². The molecule has 0 amide bonds. The van der Waals surface area contributed by atoms with E-state index in [4.69, 9.17) is 27.5 Å². The summed E-state index contributed by atoms with van der Waals surface area (Å²) in [5, 5.41) is 0. The number of methoxy groups -OCH3 is 3. The molecule has 0 saturated carbocycles. The predicted molar refractivity (Wildman–Crippen MR) is 60.8 cm³/mol. The van der Waals surface area contributed by atoms with Gasteiger partial charge in [-0.25, -0.2) is 0 Å². The predicted octanol–water partition coefficient (Wildman–Crippen LogP) is 0.994. The van der Waals surface area contributed by atoms with E-state index in [0.29, 0.717) is 0 Å². The molecule has 0 bridgehead atoms. The molecule has 0 atom stereocenters. The normalized spacial score (nSPS) is 11.2. The third kappa shape index (κ3) is 9.39. The van der Waals surface area contributed by atoms with Crippen LogP contribution in [-0.2, 0) is 27.5 Å². The van der Waals surface area contributed by atoms with Gasteiger partial charge < -0.3 is 27.5 Å². The van der Waals surface area contributed by atoms with Crippen LogP contribution in [-0.4, -0.2) is 50.5 Å². The van der Waals surface area contributed by atoms with E-state index >= 15 is 0 Å². The smallest absolute Gasteiger partial charge is 0.360 e. The van der Waals surface area contributed by atoms with Gasteiger partial charge in [0.1, 0.15) is 20.4 Å². The van der Waals surface area contributed by atoms with E-state index in [1.54, 1.807) is 6.55 Å². The topological polar surface area (TPSA) is 55.4 Å². The SMILES string of the molecule is Br.COCO[Si](C)(OCOC)OCOC. The number of halogens is 1. The fourth-order valence-corrected chi connectivity index (χ4v) is 1.87. The van der Waals surface area contributed by atoms with E-state index in [9.17, 15) is 0 Å². The summed E-state index contributed by atoms with van der Waals surface area (Å²) in [6.07, 6.45) is 0. The van der Waals surface area contributed by atoms with Gasteiger partial charge in [0.15, 0.2) is 0 Å². The largest absolute Gasteiger partial charge is 0.502 e. The van der Waals surface area contributed by atoms with E-state index in [0.717, 1.165) is 0 Å². The Labute approximate surface area is 102 Å². The van der Waals surface area contributed by atoms with Crippen LogP contribution >= 0.6 is 17.0 Å². The molecule has 0 aromatic heterocycles. The molecule has 0 rings (SSSR count). The lowest BCUT2D eigenvalue weighted by Crippen LogP contribution is -2.44. The first-order chi connectivity index (χ1) is 6.68. The monoisotopic (exact) mass is 306 g/mol. The maximum atomic E-state index is 5.30. The minimum atomic E-state index is -2.69. The van der Waals surface area contributed by atoms with Crippen LogP contribution in [0.15, 0.2) is 0 Å². The van der Waals surface area contributed by atoms with Crippen molar-refractivity contribution in [3.63, 3.8) is 0 Å². The Morgan fingerprint density at radius 2 is 1.00 bits per heavy atom. The molecular weight excluding hydrogens is 288 g/mol. The average molecular weight is 307 g/mol. The average Bonchev–Trinajstić information content (AvgIpc) is 2.21. The summed E-state index contributed by atoms with van der Waals surface area (Å²) in [7, 11) is 1.90. The Balaban J connectivity index is 0. The van der Waals surface area contributed by atoms with Crippen molar-refractivity contribution in [2.24, 2.45) is 0 Å². The maximum absolute atomic E-state index is 5.30. The van der Waals surface area contributed by atoms with Crippen LogP contribution < -0.4 is 0 Å². The van der Waals surface area contributed by atoms with Crippen LogP contribution in [0, 0.1) is 0 Å². The summed E-state index contributed by atoms with van der Waals surface area (Å²) >= 11 is 0. The number of ether oxygens (including phenoxy) is 3. The van der Waals surface area contributed by atoms with Crippen LogP contribution in [0.3, 0.4) is 0 Å². The van der Waals surface area contributed by atoms with E-state index < -0.39 is 8.80 Å². The zero-order valence-corrected chi connectivity index (χ0v) is 12.2. The van der Waals surface area contributed by atoms with Crippen LogP contribution in [0.25, 0.3) is 0 Å². The highest BCUT2D eigenvalue weighted by atomic mass is 79.9. The Kier molecular flexibility index (Phi) is 13.0. The molecule has 0 unspecified atom stereocenters. The first-order valence-electron chi connectivity index (χ1n) is 4.07. The number of rotatable bonds is 9. The van der Waals surface area contributed by atoms with Gasteiger partial charge >= 0.3 is 8.80 Å². The second-order valence-electron chi connectivity index (χ2n) is 2.51. The van der Waals surface area contributed by atoms with Crippen molar-refractivity contribution in [2.45, 2.75) is 6.55 Å². The molecule has 0 saturated heterocycles. The van der Waals surface area contributed by atoms with Crippen molar-refractivity contribution in [1.82, 2.24) is 0 Å². The lowest BCUT2D eigenvalue weighted by Gasteiger charge is -2.24. The molecule has 0 aliphatic carbocycles. The first kappa shape index (κ1) is 17.8. The molecule has 0 aliphatic rings. The quantitative estimate of drug-likeness (QED) is 0.468. The highest BCUT2D eigenvalue weighted by Gasteiger charge is 2.35. The van der Waals surface area contributed by atoms with Gasteiger partial charge in [0.25, 0.3) is 0 Å². The van der Waals surface area contributed by atoms with Gasteiger partial charge in [0.05, 0.1) is 0 Å². The molecule has 8 heteroatoms. The van der Waals surface area contributed by atoms with Crippen molar-refractivity contribution >= 4 is 25.8 Å². The Morgan fingerprint density at radius 1 is 0.733 bits per heavy atom. The Bertz CT molecular complexity index is 117. The zero-order valence-electron chi connectivity index (χ0n) is 9.48. The molecule has 0 aromatic carbocycles. The molecule has 0 radical (unpaired) electrons. The van der Waals surface area contributed by atoms with Crippen LogP contribution in [0.5, 0.6) is 0 Å². The summed E-state index contributed by atoms with van der Waals surface area (Å²) in [5.74, 6) is 0. The van der Waals surface area contributed by atoms with Gasteiger partial charge in [0, 0.05) is 27.9 Å². The minimum absolute atomic E-state index is 0. The van der Waals surface area contributed by atoms with Crippen molar-refractivity contribution in [2.75, 3.05) is 41.7 Å². The Hall–Kier alpha value is 0.457. The molecule has 0 spiro atoms. The second kappa shape index (κ2) is 11.0. The van der Waals surface area contributed by atoms with E-state index in [-0.39, 0.29) is 37.4 Å². The van der Waals surface area contributed by atoms with Gasteiger partial charge in [0.2, 0.25) is 0 Å². The van der Waals surface area contributed by atoms with Gasteiger partial charge in [-0.3, -0.25) is 0 Å². The van der Waals surface area contributed by atoms with Gasteiger partial charge in [-0.1, -0.05) is 0 Å². The molecule has 15 heavy (non-hydrogen) atoms. The van der Waals surface area contributed by atoms with Crippen molar-refractivity contribution in [3.8, 4) is 0 Å². The lowest BCUT2D eigenvalue weighted by molar-refractivity contribution is -0.0819. The summed E-state index contributed by atoms with van der Waals surface area (Å²) in [6.45, 7) is 2.10. The standard InChI is InChI=1S/C7H18O6Si.BrH/c1-8-5-11-14(4,12-6-9-2)13-7-10-3;/h5-7H2,1-4H3;1H. The molecule has 0 aliphatic heterocycles. The summed E-state index contributed by atoms with van der Waals surface area (Å²) < 4.78 is 30.2. The second-order valence-corrected chi connectivity index (χ2v) is 5.11. The highest BCUT2D eigenvalue weighted by molar-refractivity contribution is 8.93. The van der Waals surface area contributed by atoms with Crippen LogP contribution in [0.4, 0.5) is 0 Å². The lowest BCUT2D eigenvalue weighted by atomic mass is 11.4. The van der Waals surface area contributed by atoms with E-state index in [1.807, 2.05) is 0 Å². The van der Waals surface area contributed by atoms with Gasteiger partial charge in [-0.15, -0.1) is 17.0 Å². The third-order valence-electron chi connectivity index (χ3n) is 1.32. The summed E-state index contributed by atoms with van der Waals surface area (Å²) in [6, 6.07) is 0. The molecule has 0 N–H and O–H groups in total. The van der Waals surface area contributed by atoms with E-state index in [2.05, 4.69) is 0 Å². The maximum Gasteiger partial charge on any atom is 0.502 e. The van der Waals surface area contributed by atoms with Gasteiger partial charge in [-0.2, -0.15) is 0 Å². The van der Waals surface area contributed by atoms with Crippen molar-refractivity contribution < 1.29 is 27.5 Å². The fourth-order valence-electron chi connectivity index (χ4n) is 0.623. The zero-order chi connectivity index (χ0) is 10.9. The molecule has 94 valence electrons. The Morgan fingerprint density at radius 3 is 1.20 bits per heavy atom. The molecule has 0 fully saturated rings. The third-order valence-corrected chi connectivity index (χ3v) is 3.24. The number of hydrogen-bond donors (Lipinski definition) is 0. The van der Waals surface area contributed by atoms with Crippen LogP contribution in [0.1, 0.15) is 0 Å². The first-order valence-corrected chi connectivity index (χ1v) is 6.29. The highest BCUT2D eigenvalue weighted by Crippen LogP contribution is 2.09. The summed E-state index contributed by atoms with van der Waals surface area (Å²) in [4.78, 5) is 0. The van der Waals surface area contributed by atoms with Gasteiger partial charge in [-0.05, 0) is 0 Å². The molecule has 0 aromatic rings. The molecule has 6 nitrogen and oxygen atoms in total. The molecular formula is C7H19BrO6Si. The fraction of sp³-hybridized carbons (Fsp3) is 1.00. The van der Waals surface area contributed by atoms with Crippen molar-refractivity contribution in [1.29, 1.82) is 0 Å². The number of hydrogen-bond acceptors (Lipinski definition) is 6. The van der Waals surface area contributed by atoms with Crippen LogP contribution in [0.2, 0.25) is 6.55 Å². The summed E-state index contributed by atoms with van der Waals surface area (Å²) in [5.41, 5.74) is 0. The molecule has 0 heterocycles.